The van der Waals surface area contributed by atoms with Crippen molar-refractivity contribution in [3.63, 3.8) is 0 Å². The SMILES string of the molecule is C[C@@H](NS(C)(=O)=O)c1ccc2c(c1)OCO2. The van der Waals surface area contributed by atoms with E-state index in [1.165, 1.54) is 0 Å². The summed E-state index contributed by atoms with van der Waals surface area (Å²) in [5, 5.41) is 0. The minimum atomic E-state index is -3.21. The fourth-order valence-electron chi connectivity index (χ4n) is 1.57. The Hall–Kier alpha value is -1.27. The van der Waals surface area contributed by atoms with Gasteiger partial charge in [-0.2, -0.15) is 0 Å². The number of benzene rings is 1. The van der Waals surface area contributed by atoms with E-state index >= 15 is 0 Å². The van der Waals surface area contributed by atoms with Crippen molar-refractivity contribution in [3.8, 4) is 11.5 Å². The first kappa shape index (κ1) is 11.2. The molecular weight excluding hydrogens is 230 g/mol. The highest BCUT2D eigenvalue weighted by atomic mass is 32.2. The summed E-state index contributed by atoms with van der Waals surface area (Å²) in [5.74, 6) is 1.34. The third-order valence-electron chi connectivity index (χ3n) is 2.29. The van der Waals surface area contributed by atoms with Crippen LogP contribution in [0.1, 0.15) is 18.5 Å². The Morgan fingerprint density at radius 1 is 1.31 bits per heavy atom. The molecule has 1 heterocycles. The second-order valence-corrected chi connectivity index (χ2v) is 5.50. The molecule has 0 amide bonds. The zero-order chi connectivity index (χ0) is 11.8. The van der Waals surface area contributed by atoms with Gasteiger partial charge in [0.05, 0.1) is 6.26 Å². The van der Waals surface area contributed by atoms with E-state index in [2.05, 4.69) is 4.72 Å². The lowest BCUT2D eigenvalue weighted by atomic mass is 10.1. The number of ether oxygens (including phenoxy) is 2. The van der Waals surface area contributed by atoms with Crippen molar-refractivity contribution < 1.29 is 17.9 Å². The third-order valence-corrected chi connectivity index (χ3v) is 3.07. The van der Waals surface area contributed by atoms with Crippen LogP contribution in [0, 0.1) is 0 Å². The first-order valence-electron chi connectivity index (χ1n) is 4.82. The third kappa shape index (κ3) is 2.45. The summed E-state index contributed by atoms with van der Waals surface area (Å²) in [6.45, 7) is 1.99. The standard InChI is InChI=1S/C10H13NO4S/c1-7(11-16(2,12)13)8-3-4-9-10(5-8)15-6-14-9/h3-5,7,11H,6H2,1-2H3/t7-/m1/s1. The normalized spacial score (nSPS) is 16.1. The molecule has 16 heavy (non-hydrogen) atoms. The van der Waals surface area contributed by atoms with Gasteiger partial charge in [-0.05, 0) is 24.6 Å². The molecule has 0 fully saturated rings. The lowest BCUT2D eigenvalue weighted by Crippen LogP contribution is -2.25. The minimum absolute atomic E-state index is 0.215. The van der Waals surface area contributed by atoms with Gasteiger partial charge in [0.25, 0.3) is 0 Å². The number of hydrogen-bond donors (Lipinski definition) is 1. The summed E-state index contributed by atoms with van der Waals surface area (Å²) in [4.78, 5) is 0. The van der Waals surface area contributed by atoms with Crippen molar-refractivity contribution in [2.75, 3.05) is 13.0 Å². The van der Waals surface area contributed by atoms with Gasteiger partial charge in [-0.3, -0.25) is 0 Å². The molecule has 88 valence electrons. The zero-order valence-electron chi connectivity index (χ0n) is 9.06. The van der Waals surface area contributed by atoms with Gasteiger partial charge in [-0.15, -0.1) is 0 Å². The molecule has 0 aliphatic carbocycles. The lowest BCUT2D eigenvalue weighted by molar-refractivity contribution is 0.174. The maximum absolute atomic E-state index is 11.1. The fraction of sp³-hybridized carbons (Fsp3) is 0.400. The Morgan fingerprint density at radius 2 is 2.00 bits per heavy atom. The smallest absolute Gasteiger partial charge is 0.231 e. The molecule has 1 atom stereocenters. The molecule has 1 N–H and O–H groups in total. The lowest BCUT2D eigenvalue weighted by Gasteiger charge is -2.12. The van der Waals surface area contributed by atoms with E-state index < -0.39 is 10.0 Å². The molecule has 2 rings (SSSR count). The van der Waals surface area contributed by atoms with Gasteiger partial charge in [0.1, 0.15) is 0 Å². The number of sulfonamides is 1. The molecule has 0 aromatic heterocycles. The Bertz CT molecular complexity index is 498. The summed E-state index contributed by atoms with van der Waals surface area (Å²) < 4.78 is 35.1. The summed E-state index contributed by atoms with van der Waals surface area (Å²) in [5.41, 5.74) is 0.842. The molecule has 0 spiro atoms. The van der Waals surface area contributed by atoms with Gasteiger partial charge in [-0.25, -0.2) is 13.1 Å². The molecule has 0 bridgehead atoms. The molecule has 0 radical (unpaired) electrons. The number of hydrogen-bond acceptors (Lipinski definition) is 4. The van der Waals surface area contributed by atoms with Crippen LogP contribution in [0.5, 0.6) is 11.5 Å². The van der Waals surface area contributed by atoms with Gasteiger partial charge >= 0.3 is 0 Å². The van der Waals surface area contributed by atoms with Gasteiger partial charge in [0, 0.05) is 6.04 Å². The molecule has 0 saturated heterocycles. The van der Waals surface area contributed by atoms with Crippen molar-refractivity contribution in [1.82, 2.24) is 4.72 Å². The van der Waals surface area contributed by atoms with Crippen LogP contribution in [0.25, 0.3) is 0 Å². The van der Waals surface area contributed by atoms with Crippen molar-refractivity contribution in [3.05, 3.63) is 23.8 Å². The first-order valence-corrected chi connectivity index (χ1v) is 6.72. The van der Waals surface area contributed by atoms with E-state index in [-0.39, 0.29) is 12.8 Å². The molecule has 1 aliphatic rings. The van der Waals surface area contributed by atoms with Crippen molar-refractivity contribution in [2.24, 2.45) is 0 Å². The molecule has 6 heteroatoms. The van der Waals surface area contributed by atoms with Crippen molar-refractivity contribution in [1.29, 1.82) is 0 Å². The summed E-state index contributed by atoms with van der Waals surface area (Å²) >= 11 is 0. The summed E-state index contributed by atoms with van der Waals surface area (Å²) in [6.07, 6.45) is 1.14. The van der Waals surface area contributed by atoms with Gasteiger partial charge in [-0.1, -0.05) is 6.07 Å². The van der Waals surface area contributed by atoms with E-state index in [1.807, 2.05) is 6.07 Å². The second-order valence-electron chi connectivity index (χ2n) is 3.72. The molecule has 1 aromatic rings. The Balaban J connectivity index is 2.21. The van der Waals surface area contributed by atoms with Gasteiger partial charge in [0.2, 0.25) is 16.8 Å². The molecular formula is C10H13NO4S. The average Bonchev–Trinajstić information content (AvgIpc) is 2.61. The monoisotopic (exact) mass is 243 g/mol. The largest absolute Gasteiger partial charge is 0.454 e. The Labute approximate surface area is 94.4 Å². The summed E-state index contributed by atoms with van der Waals surface area (Å²) in [6, 6.07) is 5.09. The highest BCUT2D eigenvalue weighted by Crippen LogP contribution is 2.34. The molecule has 1 aliphatic heterocycles. The van der Waals surface area contributed by atoms with Crippen molar-refractivity contribution in [2.45, 2.75) is 13.0 Å². The summed E-state index contributed by atoms with van der Waals surface area (Å²) in [7, 11) is -3.21. The van der Waals surface area contributed by atoms with Gasteiger partial charge < -0.3 is 9.47 Å². The maximum Gasteiger partial charge on any atom is 0.231 e. The van der Waals surface area contributed by atoms with E-state index in [9.17, 15) is 8.42 Å². The predicted octanol–water partition coefficient (Wildman–Crippen LogP) is 1.03. The molecule has 5 nitrogen and oxygen atoms in total. The van der Waals surface area contributed by atoms with Crippen LogP contribution in [0.15, 0.2) is 18.2 Å². The predicted molar refractivity (Wildman–Crippen MR) is 59.0 cm³/mol. The van der Waals surface area contributed by atoms with E-state index in [0.717, 1.165) is 11.8 Å². The minimum Gasteiger partial charge on any atom is -0.454 e. The van der Waals surface area contributed by atoms with Crippen LogP contribution < -0.4 is 14.2 Å². The van der Waals surface area contributed by atoms with E-state index in [4.69, 9.17) is 9.47 Å². The number of fused-ring (bicyclic) bond motifs is 1. The highest BCUT2D eigenvalue weighted by molar-refractivity contribution is 7.88. The number of rotatable bonds is 3. The van der Waals surface area contributed by atoms with Crippen LogP contribution in [-0.2, 0) is 10.0 Å². The molecule has 1 aromatic carbocycles. The Kier molecular flexibility index (Phi) is 2.77. The van der Waals surface area contributed by atoms with E-state index in [1.54, 1.807) is 19.1 Å². The van der Waals surface area contributed by atoms with Crippen LogP contribution in [-0.4, -0.2) is 21.5 Å². The topological polar surface area (TPSA) is 64.6 Å². The maximum atomic E-state index is 11.1. The molecule has 0 unspecified atom stereocenters. The van der Waals surface area contributed by atoms with Crippen molar-refractivity contribution >= 4 is 10.0 Å². The first-order chi connectivity index (χ1) is 7.46. The zero-order valence-corrected chi connectivity index (χ0v) is 9.87. The van der Waals surface area contributed by atoms with Crippen LogP contribution >= 0.6 is 0 Å². The molecule has 0 saturated carbocycles. The van der Waals surface area contributed by atoms with Gasteiger partial charge in [0.15, 0.2) is 11.5 Å². The fourth-order valence-corrected chi connectivity index (χ4v) is 2.35. The second kappa shape index (κ2) is 3.95. The quantitative estimate of drug-likeness (QED) is 0.861. The van der Waals surface area contributed by atoms with Crippen LogP contribution in [0.3, 0.4) is 0 Å². The number of nitrogens with one attached hydrogen (secondary N) is 1. The average molecular weight is 243 g/mol. The van der Waals surface area contributed by atoms with Crippen LogP contribution in [0.4, 0.5) is 0 Å². The highest BCUT2D eigenvalue weighted by Gasteiger charge is 2.17. The Morgan fingerprint density at radius 3 is 2.69 bits per heavy atom. The van der Waals surface area contributed by atoms with Crippen LogP contribution in [0.2, 0.25) is 0 Å². The van der Waals surface area contributed by atoms with E-state index in [0.29, 0.717) is 11.5 Å².